The summed E-state index contributed by atoms with van der Waals surface area (Å²) >= 11 is 0. The summed E-state index contributed by atoms with van der Waals surface area (Å²) in [6.45, 7) is 4.00. The van der Waals surface area contributed by atoms with Crippen molar-refractivity contribution in [3.05, 3.63) is 0 Å². The van der Waals surface area contributed by atoms with Gasteiger partial charge in [0.2, 0.25) is 0 Å². The molecule has 98 valence electrons. The molecule has 0 bridgehead atoms. The molecule has 0 radical (unpaired) electrons. The van der Waals surface area contributed by atoms with E-state index in [2.05, 4.69) is 10.1 Å². The summed E-state index contributed by atoms with van der Waals surface area (Å²) < 4.78 is 0. The lowest BCUT2D eigenvalue weighted by atomic mass is 9.95. The maximum atomic E-state index is 10.9. The molecule has 0 aromatic heterocycles. The molecule has 6 nitrogen and oxygen atoms in total. The molecule has 4 N–H and O–H groups in total. The van der Waals surface area contributed by atoms with E-state index in [0.29, 0.717) is 18.6 Å². The SMILES string of the molecule is CC.N=C/C(C=NC1CCC(=O)CC1)=N/O.O. The topological polar surface area (TPSA) is 117 Å². The predicted molar refractivity (Wildman–Crippen MR) is 68.7 cm³/mol. The second-order valence-corrected chi connectivity index (χ2v) is 3.22. The minimum atomic E-state index is 0. The van der Waals surface area contributed by atoms with Crippen molar-refractivity contribution in [2.75, 3.05) is 0 Å². The van der Waals surface area contributed by atoms with E-state index in [4.69, 9.17) is 10.6 Å². The van der Waals surface area contributed by atoms with E-state index < -0.39 is 0 Å². The van der Waals surface area contributed by atoms with Crippen molar-refractivity contribution in [3.63, 3.8) is 0 Å². The number of ketones is 1. The zero-order valence-electron chi connectivity index (χ0n) is 10.3. The van der Waals surface area contributed by atoms with Crippen molar-refractivity contribution in [2.45, 2.75) is 45.6 Å². The summed E-state index contributed by atoms with van der Waals surface area (Å²) in [5.74, 6) is 0.291. The van der Waals surface area contributed by atoms with Crippen LogP contribution in [0.3, 0.4) is 0 Å². The monoisotopic (exact) mass is 243 g/mol. The summed E-state index contributed by atoms with van der Waals surface area (Å²) in [6, 6.07) is 0.129. The van der Waals surface area contributed by atoms with Gasteiger partial charge in [0.15, 0.2) is 0 Å². The lowest BCUT2D eigenvalue weighted by Crippen LogP contribution is -2.17. The van der Waals surface area contributed by atoms with Crippen molar-refractivity contribution >= 4 is 23.9 Å². The number of nitrogens with one attached hydrogen (secondary N) is 1. The fourth-order valence-electron chi connectivity index (χ4n) is 1.35. The van der Waals surface area contributed by atoms with Gasteiger partial charge in [-0.25, -0.2) is 0 Å². The van der Waals surface area contributed by atoms with E-state index in [-0.39, 0.29) is 17.2 Å². The zero-order chi connectivity index (χ0) is 12.4. The maximum Gasteiger partial charge on any atom is 0.137 e. The molecule has 1 saturated carbocycles. The second kappa shape index (κ2) is 10.9. The number of hydrogen-bond acceptors (Lipinski definition) is 5. The predicted octanol–water partition coefficient (Wildman–Crippen LogP) is 1.25. The number of carbonyl (C=O) groups is 1. The Morgan fingerprint density at radius 3 is 2.35 bits per heavy atom. The van der Waals surface area contributed by atoms with Crippen LogP contribution in [0.15, 0.2) is 10.1 Å². The van der Waals surface area contributed by atoms with Crippen LogP contribution >= 0.6 is 0 Å². The molecule has 0 atom stereocenters. The standard InChI is InChI=1S/C9H13N3O2.C2H6.H2O/c10-5-8(12-14)6-11-7-1-3-9(13)4-2-7;1-2;/h5-7,10,14H,1-4H2;1-2H3;1H2/b10-5?,11-6?,12-8-;;. The van der Waals surface area contributed by atoms with Gasteiger partial charge >= 0.3 is 0 Å². The van der Waals surface area contributed by atoms with Gasteiger partial charge in [0.05, 0.1) is 12.3 Å². The summed E-state index contributed by atoms with van der Waals surface area (Å²) in [6.07, 6.45) is 4.97. The highest BCUT2D eigenvalue weighted by Crippen LogP contribution is 2.17. The number of nitrogens with zero attached hydrogens (tertiary/aromatic N) is 2. The maximum absolute atomic E-state index is 10.9. The van der Waals surface area contributed by atoms with Gasteiger partial charge in [-0.15, -0.1) is 0 Å². The fourth-order valence-corrected chi connectivity index (χ4v) is 1.35. The van der Waals surface area contributed by atoms with Gasteiger partial charge in [-0.05, 0) is 12.8 Å². The molecule has 0 heterocycles. The number of hydrogen-bond donors (Lipinski definition) is 2. The molecular weight excluding hydrogens is 222 g/mol. The lowest BCUT2D eigenvalue weighted by molar-refractivity contribution is -0.120. The van der Waals surface area contributed by atoms with Crippen molar-refractivity contribution in [2.24, 2.45) is 10.1 Å². The van der Waals surface area contributed by atoms with Gasteiger partial charge in [0, 0.05) is 19.1 Å². The van der Waals surface area contributed by atoms with E-state index in [0.717, 1.165) is 19.1 Å². The first kappa shape index (κ1) is 17.8. The first-order valence-electron chi connectivity index (χ1n) is 5.53. The highest BCUT2D eigenvalue weighted by atomic mass is 16.4. The Kier molecular flexibility index (Phi) is 11.5. The molecule has 17 heavy (non-hydrogen) atoms. The summed E-state index contributed by atoms with van der Waals surface area (Å²) in [5.41, 5.74) is 0.127. The van der Waals surface area contributed by atoms with Crippen LogP contribution in [0.4, 0.5) is 0 Å². The molecule has 0 amide bonds. The average molecular weight is 243 g/mol. The normalized spacial score (nSPS) is 17.1. The van der Waals surface area contributed by atoms with Gasteiger partial charge in [-0.1, -0.05) is 19.0 Å². The Hall–Kier alpha value is -1.56. The Bertz CT molecular complexity index is 278. The van der Waals surface area contributed by atoms with Crippen LogP contribution in [0.5, 0.6) is 0 Å². The van der Waals surface area contributed by atoms with Crippen LogP contribution in [-0.4, -0.2) is 40.6 Å². The second-order valence-electron chi connectivity index (χ2n) is 3.22. The quantitative estimate of drug-likeness (QED) is 0.441. The summed E-state index contributed by atoms with van der Waals surface area (Å²) in [4.78, 5) is 15.0. The van der Waals surface area contributed by atoms with E-state index in [1.807, 2.05) is 13.8 Å². The average Bonchev–Trinajstić information content (AvgIpc) is 2.35. The van der Waals surface area contributed by atoms with Crippen LogP contribution in [0.25, 0.3) is 0 Å². The first-order valence-corrected chi connectivity index (χ1v) is 5.53. The lowest BCUT2D eigenvalue weighted by Gasteiger charge is -2.16. The molecule has 1 fully saturated rings. The Morgan fingerprint density at radius 1 is 1.41 bits per heavy atom. The van der Waals surface area contributed by atoms with E-state index in [1.54, 1.807) is 0 Å². The largest absolute Gasteiger partial charge is 0.412 e. The van der Waals surface area contributed by atoms with Crippen molar-refractivity contribution < 1.29 is 15.5 Å². The summed E-state index contributed by atoms with van der Waals surface area (Å²) in [7, 11) is 0. The van der Waals surface area contributed by atoms with E-state index in [9.17, 15) is 4.79 Å². The van der Waals surface area contributed by atoms with Crippen LogP contribution in [-0.2, 0) is 4.79 Å². The first-order chi connectivity index (χ1) is 7.76. The molecule has 0 aromatic carbocycles. The molecule has 0 saturated heterocycles. The molecule has 0 unspecified atom stereocenters. The molecule has 1 aliphatic rings. The van der Waals surface area contributed by atoms with Crippen molar-refractivity contribution in [1.82, 2.24) is 0 Å². The number of Topliss-reactive ketones (excluding diaryl/α,β-unsaturated/α-hetero) is 1. The Labute approximate surface area is 101 Å². The van der Waals surface area contributed by atoms with Gasteiger partial charge in [0.1, 0.15) is 11.5 Å². The molecule has 1 aliphatic carbocycles. The molecule has 1 rings (SSSR count). The number of aliphatic imine (C=N–C) groups is 1. The minimum absolute atomic E-state index is 0. The van der Waals surface area contributed by atoms with Crippen molar-refractivity contribution in [3.8, 4) is 0 Å². The van der Waals surface area contributed by atoms with E-state index in [1.165, 1.54) is 6.21 Å². The number of carbonyl (C=O) groups excluding carboxylic acids is 1. The highest BCUT2D eigenvalue weighted by Gasteiger charge is 2.16. The molecule has 0 spiro atoms. The van der Waals surface area contributed by atoms with Gasteiger partial charge in [0.25, 0.3) is 0 Å². The number of oxime groups is 1. The summed E-state index contributed by atoms with van der Waals surface area (Å²) in [5, 5.41) is 18.1. The van der Waals surface area contributed by atoms with Crippen LogP contribution in [0.2, 0.25) is 0 Å². The number of rotatable bonds is 3. The van der Waals surface area contributed by atoms with Crippen LogP contribution in [0, 0.1) is 5.41 Å². The van der Waals surface area contributed by atoms with Crippen molar-refractivity contribution in [1.29, 1.82) is 5.41 Å². The van der Waals surface area contributed by atoms with Crippen LogP contribution < -0.4 is 0 Å². The Morgan fingerprint density at radius 2 is 1.94 bits per heavy atom. The highest BCUT2D eigenvalue weighted by molar-refractivity contribution is 6.55. The third-order valence-corrected chi connectivity index (χ3v) is 2.19. The van der Waals surface area contributed by atoms with Gasteiger partial charge in [-0.3, -0.25) is 9.79 Å². The smallest absolute Gasteiger partial charge is 0.137 e. The third-order valence-electron chi connectivity index (χ3n) is 2.19. The van der Waals surface area contributed by atoms with Gasteiger partial charge < -0.3 is 16.1 Å². The molecule has 0 aliphatic heterocycles. The van der Waals surface area contributed by atoms with E-state index >= 15 is 0 Å². The molecule has 0 aromatic rings. The minimum Gasteiger partial charge on any atom is -0.412 e. The molecule has 6 heteroatoms. The van der Waals surface area contributed by atoms with Crippen LogP contribution in [0.1, 0.15) is 39.5 Å². The fraction of sp³-hybridized carbons (Fsp3) is 0.636. The third kappa shape index (κ3) is 7.35. The molecular formula is C11H21N3O3. The van der Waals surface area contributed by atoms with Gasteiger partial charge in [-0.2, -0.15) is 0 Å². The zero-order valence-corrected chi connectivity index (χ0v) is 10.3. The Balaban J connectivity index is 0.